The Kier molecular flexibility index (Phi) is 5.17. The third kappa shape index (κ3) is 4.23. The van der Waals surface area contributed by atoms with E-state index in [0.29, 0.717) is 10.6 Å². The van der Waals surface area contributed by atoms with Crippen LogP contribution in [0.4, 0.5) is 0 Å². The number of carboxylic acids is 1. The molecular weight excluding hydrogens is 278 g/mol. The number of amides is 1. The lowest BCUT2D eigenvalue weighted by Gasteiger charge is -2.37. The molecule has 5 heteroatoms. The van der Waals surface area contributed by atoms with Crippen molar-refractivity contribution in [2.24, 2.45) is 5.92 Å². The zero-order valence-corrected chi connectivity index (χ0v) is 12.9. The molecule has 0 spiro atoms. The van der Waals surface area contributed by atoms with Crippen molar-refractivity contribution >= 4 is 23.5 Å². The first kappa shape index (κ1) is 16.5. The minimum Gasteiger partial charge on any atom is -0.481 e. The van der Waals surface area contributed by atoms with Crippen molar-refractivity contribution in [3.8, 4) is 0 Å². The molecule has 1 rings (SSSR count). The number of halogens is 1. The van der Waals surface area contributed by atoms with E-state index in [9.17, 15) is 9.59 Å². The van der Waals surface area contributed by atoms with Gasteiger partial charge in [0.15, 0.2) is 0 Å². The first-order chi connectivity index (χ1) is 9.12. The van der Waals surface area contributed by atoms with Gasteiger partial charge in [-0.3, -0.25) is 9.59 Å². The quantitative estimate of drug-likeness (QED) is 0.927. The van der Waals surface area contributed by atoms with E-state index in [1.165, 1.54) is 0 Å². The van der Waals surface area contributed by atoms with Crippen molar-refractivity contribution in [2.75, 3.05) is 6.54 Å². The molecule has 0 saturated carbocycles. The van der Waals surface area contributed by atoms with Gasteiger partial charge in [-0.1, -0.05) is 18.5 Å². The number of carbonyl (C=O) groups is 2. The molecule has 4 nitrogen and oxygen atoms in total. The van der Waals surface area contributed by atoms with Crippen LogP contribution in [0.1, 0.15) is 38.1 Å². The lowest BCUT2D eigenvalue weighted by atomic mass is 10.0. The number of hydrogen-bond donors (Lipinski definition) is 1. The van der Waals surface area contributed by atoms with E-state index in [0.717, 1.165) is 0 Å². The summed E-state index contributed by atoms with van der Waals surface area (Å²) in [5.74, 6) is -1.73. The van der Waals surface area contributed by atoms with Crippen LogP contribution in [0.15, 0.2) is 24.3 Å². The van der Waals surface area contributed by atoms with Crippen LogP contribution in [-0.2, 0) is 4.79 Å². The molecule has 0 heterocycles. The van der Waals surface area contributed by atoms with E-state index < -0.39 is 17.4 Å². The minimum absolute atomic E-state index is 0.167. The predicted octanol–water partition coefficient (Wildman–Crippen LogP) is 3.30. The van der Waals surface area contributed by atoms with Gasteiger partial charge >= 0.3 is 5.97 Å². The van der Waals surface area contributed by atoms with Gasteiger partial charge in [0.2, 0.25) is 0 Å². The maximum Gasteiger partial charge on any atom is 0.308 e. The molecule has 0 aliphatic carbocycles. The number of carbonyl (C=O) groups excluding carboxylic acids is 1. The molecule has 1 unspecified atom stereocenters. The molecular formula is C15H20ClNO3. The molecule has 1 amide bonds. The molecule has 20 heavy (non-hydrogen) atoms. The SMILES string of the molecule is CC(CN(C(=O)c1ccc(Cl)cc1)C(C)(C)C)C(=O)O. The fourth-order valence-electron chi connectivity index (χ4n) is 1.76. The summed E-state index contributed by atoms with van der Waals surface area (Å²) < 4.78 is 0. The third-order valence-electron chi connectivity index (χ3n) is 3.02. The number of nitrogens with zero attached hydrogens (tertiary/aromatic N) is 1. The summed E-state index contributed by atoms with van der Waals surface area (Å²) in [5.41, 5.74) is 0.0439. The van der Waals surface area contributed by atoms with Gasteiger partial charge in [-0.15, -0.1) is 0 Å². The van der Waals surface area contributed by atoms with Crippen LogP contribution < -0.4 is 0 Å². The van der Waals surface area contributed by atoms with E-state index in [-0.39, 0.29) is 12.5 Å². The highest BCUT2D eigenvalue weighted by Crippen LogP contribution is 2.20. The van der Waals surface area contributed by atoms with Crippen molar-refractivity contribution in [1.29, 1.82) is 0 Å². The summed E-state index contributed by atoms with van der Waals surface area (Å²) in [6, 6.07) is 6.59. The van der Waals surface area contributed by atoms with Gasteiger partial charge in [-0.05, 0) is 45.0 Å². The standard InChI is InChI=1S/C15H20ClNO3/c1-10(14(19)20)9-17(15(2,3)4)13(18)11-5-7-12(16)8-6-11/h5-8,10H,9H2,1-4H3,(H,19,20). The largest absolute Gasteiger partial charge is 0.481 e. The summed E-state index contributed by atoms with van der Waals surface area (Å²) in [6.07, 6.45) is 0. The second-order valence-electron chi connectivity index (χ2n) is 5.83. The molecule has 0 aliphatic rings. The first-order valence-electron chi connectivity index (χ1n) is 6.43. The second kappa shape index (κ2) is 6.27. The Bertz CT molecular complexity index is 491. The average Bonchev–Trinajstić information content (AvgIpc) is 2.34. The number of aliphatic carboxylic acids is 1. The summed E-state index contributed by atoms with van der Waals surface area (Å²) in [4.78, 5) is 25.1. The van der Waals surface area contributed by atoms with Gasteiger partial charge in [0.1, 0.15) is 0 Å². The van der Waals surface area contributed by atoms with Crippen molar-refractivity contribution in [3.05, 3.63) is 34.9 Å². The van der Waals surface area contributed by atoms with Gasteiger partial charge in [-0.2, -0.15) is 0 Å². The molecule has 110 valence electrons. The molecule has 1 aromatic rings. The van der Waals surface area contributed by atoms with Crippen molar-refractivity contribution < 1.29 is 14.7 Å². The van der Waals surface area contributed by atoms with E-state index in [1.807, 2.05) is 20.8 Å². The average molecular weight is 298 g/mol. The zero-order chi connectivity index (χ0) is 15.5. The van der Waals surface area contributed by atoms with Crippen LogP contribution in [0, 0.1) is 5.92 Å². The molecule has 0 aliphatic heterocycles. The monoisotopic (exact) mass is 297 g/mol. The van der Waals surface area contributed by atoms with Crippen LogP contribution in [0.5, 0.6) is 0 Å². The summed E-state index contributed by atoms with van der Waals surface area (Å²) in [6.45, 7) is 7.41. The van der Waals surface area contributed by atoms with Gasteiger partial charge in [0, 0.05) is 22.7 Å². The van der Waals surface area contributed by atoms with Crippen molar-refractivity contribution in [3.63, 3.8) is 0 Å². The zero-order valence-electron chi connectivity index (χ0n) is 12.2. The van der Waals surface area contributed by atoms with Crippen LogP contribution in [0.25, 0.3) is 0 Å². The lowest BCUT2D eigenvalue weighted by molar-refractivity contribution is -0.141. The fourth-order valence-corrected chi connectivity index (χ4v) is 1.89. The minimum atomic E-state index is -0.914. The molecule has 0 bridgehead atoms. The van der Waals surface area contributed by atoms with Crippen molar-refractivity contribution in [1.82, 2.24) is 4.90 Å². The Balaban J connectivity index is 3.02. The Morgan fingerprint density at radius 3 is 2.15 bits per heavy atom. The molecule has 1 N–H and O–H groups in total. The molecule has 0 radical (unpaired) electrons. The lowest BCUT2D eigenvalue weighted by Crippen LogP contribution is -2.48. The van der Waals surface area contributed by atoms with Crippen molar-refractivity contribution in [2.45, 2.75) is 33.2 Å². The highest BCUT2D eigenvalue weighted by atomic mass is 35.5. The van der Waals surface area contributed by atoms with Gasteiger partial charge < -0.3 is 10.0 Å². The van der Waals surface area contributed by atoms with Crippen LogP contribution in [0.2, 0.25) is 5.02 Å². The Hall–Kier alpha value is -1.55. The fraction of sp³-hybridized carbons (Fsp3) is 0.467. The van der Waals surface area contributed by atoms with E-state index >= 15 is 0 Å². The smallest absolute Gasteiger partial charge is 0.308 e. The number of carboxylic acid groups (broad SMARTS) is 1. The van der Waals surface area contributed by atoms with Gasteiger partial charge in [-0.25, -0.2) is 0 Å². The topological polar surface area (TPSA) is 57.6 Å². The normalized spacial score (nSPS) is 12.8. The molecule has 0 saturated heterocycles. The maximum absolute atomic E-state index is 12.6. The van der Waals surface area contributed by atoms with E-state index in [1.54, 1.807) is 36.1 Å². The molecule has 1 aromatic carbocycles. The first-order valence-corrected chi connectivity index (χ1v) is 6.81. The highest BCUT2D eigenvalue weighted by Gasteiger charge is 2.30. The Morgan fingerprint density at radius 1 is 1.25 bits per heavy atom. The second-order valence-corrected chi connectivity index (χ2v) is 6.27. The highest BCUT2D eigenvalue weighted by molar-refractivity contribution is 6.30. The van der Waals surface area contributed by atoms with Crippen LogP contribution in [-0.4, -0.2) is 34.0 Å². The van der Waals surface area contributed by atoms with Gasteiger partial charge in [0.25, 0.3) is 5.91 Å². The van der Waals surface area contributed by atoms with Crippen LogP contribution in [0.3, 0.4) is 0 Å². The number of rotatable bonds is 4. The van der Waals surface area contributed by atoms with E-state index in [4.69, 9.17) is 16.7 Å². The Labute approximate surface area is 124 Å². The predicted molar refractivity (Wildman–Crippen MR) is 79.0 cm³/mol. The summed E-state index contributed by atoms with van der Waals surface area (Å²) in [5, 5.41) is 9.59. The van der Waals surface area contributed by atoms with Gasteiger partial charge in [0.05, 0.1) is 5.92 Å². The summed E-state index contributed by atoms with van der Waals surface area (Å²) >= 11 is 5.81. The van der Waals surface area contributed by atoms with E-state index in [2.05, 4.69) is 0 Å². The number of hydrogen-bond acceptors (Lipinski definition) is 2. The molecule has 0 aromatic heterocycles. The van der Waals surface area contributed by atoms with Crippen LogP contribution >= 0.6 is 11.6 Å². The molecule has 0 fully saturated rings. The number of benzene rings is 1. The maximum atomic E-state index is 12.6. The molecule has 1 atom stereocenters. The third-order valence-corrected chi connectivity index (χ3v) is 3.28. The Morgan fingerprint density at radius 2 is 1.75 bits per heavy atom. The summed E-state index contributed by atoms with van der Waals surface area (Å²) in [7, 11) is 0.